The van der Waals surface area contributed by atoms with Gasteiger partial charge in [0.25, 0.3) is 0 Å². The lowest BCUT2D eigenvalue weighted by Gasteiger charge is -2.11. The van der Waals surface area contributed by atoms with Crippen LogP contribution in [0.2, 0.25) is 0 Å². The maximum Gasteiger partial charge on any atom is 0.0790 e. The van der Waals surface area contributed by atoms with Crippen LogP contribution < -0.4 is 0 Å². The van der Waals surface area contributed by atoms with Crippen molar-refractivity contribution in [3.8, 4) is 0 Å². The van der Waals surface area contributed by atoms with E-state index in [0.717, 1.165) is 11.0 Å². The zero-order valence-corrected chi connectivity index (χ0v) is 16.9. The van der Waals surface area contributed by atoms with Gasteiger partial charge in [-0.05, 0) is 23.3 Å². The second kappa shape index (κ2) is 8.18. The van der Waals surface area contributed by atoms with Crippen LogP contribution in [0, 0.1) is 6.92 Å². The van der Waals surface area contributed by atoms with Gasteiger partial charge in [-0.3, -0.25) is 0 Å². The lowest BCUT2D eigenvalue weighted by atomic mass is 9.97. The minimum Gasteiger partial charge on any atom is -0.246 e. The summed E-state index contributed by atoms with van der Waals surface area (Å²) in [6.07, 6.45) is 0. The van der Waals surface area contributed by atoms with Gasteiger partial charge in [0.1, 0.15) is 0 Å². The van der Waals surface area contributed by atoms with Crippen LogP contribution in [-0.2, 0) is 0 Å². The minimum absolute atomic E-state index is 1.10. The molecule has 1 nitrogen and oxygen atoms in total. The van der Waals surface area contributed by atoms with Gasteiger partial charge in [-0.25, -0.2) is 4.98 Å². The molecule has 136 valence electrons. The molecule has 0 fully saturated rings. The van der Waals surface area contributed by atoms with Crippen LogP contribution >= 0.6 is 0 Å². The summed E-state index contributed by atoms with van der Waals surface area (Å²) in [5.74, 6) is 0. The van der Waals surface area contributed by atoms with Crippen molar-refractivity contribution in [3.05, 3.63) is 78.4 Å². The Morgan fingerprint density at radius 1 is 0.481 bits per heavy atom. The molecule has 1 heteroatoms. The van der Waals surface area contributed by atoms with E-state index in [0.29, 0.717) is 0 Å². The summed E-state index contributed by atoms with van der Waals surface area (Å²) in [7, 11) is 0. The number of aromatic nitrogens is 1. The van der Waals surface area contributed by atoms with Crippen LogP contribution in [0.3, 0.4) is 0 Å². The molecular formula is C26H27N. The van der Waals surface area contributed by atoms with Gasteiger partial charge >= 0.3 is 0 Å². The summed E-state index contributed by atoms with van der Waals surface area (Å²) in [6.45, 7) is 10.2. The quantitative estimate of drug-likeness (QED) is 0.203. The summed E-state index contributed by atoms with van der Waals surface area (Å²) in [5.41, 5.74) is 3.51. The number of hydrogen-bond donors (Lipinski definition) is 0. The molecule has 0 radical (unpaired) electrons. The summed E-state index contributed by atoms with van der Waals surface area (Å²) in [4.78, 5) is 5.09. The van der Waals surface area contributed by atoms with Crippen molar-refractivity contribution < 1.29 is 0 Å². The summed E-state index contributed by atoms with van der Waals surface area (Å²) in [6, 6.07) is 25.8. The molecule has 0 aliphatic carbocycles. The second-order valence-corrected chi connectivity index (χ2v) is 6.10. The van der Waals surface area contributed by atoms with Gasteiger partial charge in [-0.1, -0.05) is 100 Å². The Kier molecular flexibility index (Phi) is 5.71. The number of rotatable bonds is 0. The molecule has 0 aliphatic heterocycles. The van der Waals surface area contributed by atoms with Crippen molar-refractivity contribution in [2.75, 3.05) is 0 Å². The Morgan fingerprint density at radius 3 is 1.33 bits per heavy atom. The average molecular weight is 354 g/mol. The van der Waals surface area contributed by atoms with E-state index < -0.39 is 0 Å². The highest BCUT2D eigenvalue weighted by molar-refractivity contribution is 6.15. The van der Waals surface area contributed by atoms with Crippen molar-refractivity contribution in [3.63, 3.8) is 0 Å². The first kappa shape index (κ1) is 18.8. The van der Waals surface area contributed by atoms with Gasteiger partial charge in [0, 0.05) is 21.5 Å². The third-order valence-corrected chi connectivity index (χ3v) is 4.83. The Hall–Kier alpha value is -2.93. The monoisotopic (exact) mass is 353 g/mol. The van der Waals surface area contributed by atoms with Crippen molar-refractivity contribution in [1.82, 2.24) is 4.98 Å². The van der Waals surface area contributed by atoms with Crippen molar-refractivity contribution in [2.24, 2.45) is 0 Å². The molecule has 5 rings (SSSR count). The summed E-state index contributed by atoms with van der Waals surface area (Å²) in [5, 5.41) is 7.42. The van der Waals surface area contributed by atoms with E-state index in [9.17, 15) is 0 Å². The highest BCUT2D eigenvalue weighted by Gasteiger charge is 2.10. The van der Waals surface area contributed by atoms with Gasteiger partial charge in [0.05, 0.1) is 11.0 Å². The summed E-state index contributed by atoms with van der Waals surface area (Å²) < 4.78 is 0. The Bertz CT molecular complexity index is 1120. The fourth-order valence-electron chi connectivity index (χ4n) is 3.61. The molecule has 0 N–H and O–H groups in total. The van der Waals surface area contributed by atoms with Crippen LogP contribution in [0.1, 0.15) is 33.3 Å². The number of fused-ring (bicyclic) bond motifs is 6. The van der Waals surface area contributed by atoms with Crippen LogP contribution in [-0.4, -0.2) is 4.98 Å². The van der Waals surface area contributed by atoms with Gasteiger partial charge < -0.3 is 0 Å². The zero-order valence-electron chi connectivity index (χ0n) is 16.9. The van der Waals surface area contributed by atoms with E-state index >= 15 is 0 Å². The predicted octanol–water partition coefficient (Wildman–Crippen LogP) is 8.06. The molecular weight excluding hydrogens is 326 g/mol. The molecule has 0 bridgehead atoms. The van der Waals surface area contributed by atoms with E-state index in [-0.39, 0.29) is 0 Å². The van der Waals surface area contributed by atoms with Crippen LogP contribution in [0.25, 0.3) is 43.4 Å². The SMILES string of the molecule is CC.CC.Cc1c2ccc3ccccc3c2nc2c1ccc1ccccc12. The molecule has 0 amide bonds. The maximum atomic E-state index is 5.09. The first-order chi connectivity index (χ1) is 13.3. The molecule has 0 saturated carbocycles. The average Bonchev–Trinajstić information content (AvgIpc) is 2.76. The fraction of sp³-hybridized carbons (Fsp3) is 0.192. The Balaban J connectivity index is 0.000000495. The highest BCUT2D eigenvalue weighted by Crippen LogP contribution is 2.33. The van der Waals surface area contributed by atoms with Gasteiger partial charge in [-0.15, -0.1) is 0 Å². The first-order valence-corrected chi connectivity index (χ1v) is 9.92. The Morgan fingerprint density at radius 2 is 0.889 bits per heavy atom. The molecule has 0 atom stereocenters. The van der Waals surface area contributed by atoms with Gasteiger partial charge in [0.2, 0.25) is 0 Å². The minimum atomic E-state index is 1.10. The molecule has 1 heterocycles. The van der Waals surface area contributed by atoms with Gasteiger partial charge in [0.15, 0.2) is 0 Å². The number of benzene rings is 4. The highest BCUT2D eigenvalue weighted by atomic mass is 14.7. The van der Waals surface area contributed by atoms with Crippen molar-refractivity contribution in [1.29, 1.82) is 0 Å². The topological polar surface area (TPSA) is 12.9 Å². The van der Waals surface area contributed by atoms with E-state index in [2.05, 4.69) is 79.7 Å². The lowest BCUT2D eigenvalue weighted by molar-refractivity contribution is 1.48. The molecule has 4 aromatic carbocycles. The number of pyridine rings is 1. The van der Waals surface area contributed by atoms with Crippen molar-refractivity contribution in [2.45, 2.75) is 34.6 Å². The van der Waals surface area contributed by atoms with Crippen LogP contribution in [0.4, 0.5) is 0 Å². The molecule has 27 heavy (non-hydrogen) atoms. The van der Waals surface area contributed by atoms with E-state index in [1.165, 1.54) is 37.9 Å². The smallest absolute Gasteiger partial charge is 0.0790 e. The molecule has 1 aromatic heterocycles. The third-order valence-electron chi connectivity index (χ3n) is 4.83. The number of hydrogen-bond acceptors (Lipinski definition) is 1. The van der Waals surface area contributed by atoms with E-state index in [1.807, 2.05) is 27.7 Å². The van der Waals surface area contributed by atoms with Gasteiger partial charge in [-0.2, -0.15) is 0 Å². The predicted molar refractivity (Wildman–Crippen MR) is 122 cm³/mol. The normalized spacial score (nSPS) is 10.4. The van der Waals surface area contributed by atoms with Crippen LogP contribution in [0.5, 0.6) is 0 Å². The van der Waals surface area contributed by atoms with E-state index in [1.54, 1.807) is 0 Å². The maximum absolute atomic E-state index is 5.09. The van der Waals surface area contributed by atoms with Crippen molar-refractivity contribution >= 4 is 43.4 Å². The molecule has 0 aliphatic rings. The fourth-order valence-corrected chi connectivity index (χ4v) is 3.61. The molecule has 0 saturated heterocycles. The standard InChI is InChI=1S/C22H15N.2C2H6/c1-14-17-12-10-15-6-2-4-8-19(15)21(17)23-22-18(14)13-11-16-7-3-5-9-20(16)22;2*1-2/h2-13H,1H3;2*1-2H3. The Labute approximate surface area is 161 Å². The first-order valence-electron chi connectivity index (χ1n) is 9.92. The number of aryl methyl sites for hydroxylation is 1. The zero-order chi connectivity index (χ0) is 19.4. The lowest BCUT2D eigenvalue weighted by Crippen LogP contribution is -1.90. The second-order valence-electron chi connectivity index (χ2n) is 6.10. The third kappa shape index (κ3) is 3.14. The number of nitrogens with zero attached hydrogens (tertiary/aromatic N) is 1. The molecule has 5 aromatic rings. The largest absolute Gasteiger partial charge is 0.246 e. The molecule has 0 unspecified atom stereocenters. The van der Waals surface area contributed by atoms with Crippen LogP contribution in [0.15, 0.2) is 72.8 Å². The molecule has 0 spiro atoms. The summed E-state index contributed by atoms with van der Waals surface area (Å²) >= 11 is 0. The van der Waals surface area contributed by atoms with E-state index in [4.69, 9.17) is 4.98 Å².